The predicted octanol–water partition coefficient (Wildman–Crippen LogP) is -0.237. The molecule has 0 radical (unpaired) electrons. The van der Waals surface area contributed by atoms with E-state index in [0.717, 1.165) is 5.82 Å². The van der Waals surface area contributed by atoms with E-state index in [1.165, 1.54) is 0 Å². The molecule has 0 amide bonds. The molecule has 2 heterocycles. The number of nitrogens with two attached hydrogens (primary N) is 1. The molecule has 0 saturated heterocycles. The third kappa shape index (κ3) is 1.74. The molecule has 72 valence electrons. The first kappa shape index (κ1) is 8.76. The van der Waals surface area contributed by atoms with Gasteiger partial charge in [-0.1, -0.05) is 0 Å². The third-order valence-electron chi connectivity index (χ3n) is 1.71. The molecule has 0 spiro atoms. The number of rotatable bonds is 3. The van der Waals surface area contributed by atoms with Crippen LogP contribution in [0.2, 0.25) is 0 Å². The second-order valence-electron chi connectivity index (χ2n) is 2.74. The fraction of sp³-hybridized carbons (Fsp3) is 0.250. The first-order valence-electron chi connectivity index (χ1n) is 4.28. The van der Waals surface area contributed by atoms with Gasteiger partial charge in [-0.05, 0) is 6.54 Å². The van der Waals surface area contributed by atoms with Crippen LogP contribution in [0.5, 0.6) is 0 Å². The molecule has 0 atom stereocenters. The Labute approximate surface area is 80.6 Å². The van der Waals surface area contributed by atoms with Gasteiger partial charge in [0.05, 0.1) is 6.20 Å². The van der Waals surface area contributed by atoms with E-state index in [4.69, 9.17) is 5.73 Å². The van der Waals surface area contributed by atoms with E-state index >= 15 is 0 Å². The number of nitrogens with zero attached hydrogens (tertiary/aromatic N) is 4. The van der Waals surface area contributed by atoms with Gasteiger partial charge in [-0.25, -0.2) is 9.97 Å². The van der Waals surface area contributed by atoms with Crippen molar-refractivity contribution in [2.24, 2.45) is 5.73 Å². The molecule has 0 aromatic carbocycles. The Bertz CT molecular complexity index is 395. The normalized spacial score (nSPS) is 10.4. The average molecular weight is 190 g/mol. The highest BCUT2D eigenvalue weighted by Gasteiger charge is 2.05. The Hall–Kier alpha value is -1.82. The van der Waals surface area contributed by atoms with Crippen molar-refractivity contribution in [3.05, 3.63) is 24.4 Å². The maximum absolute atomic E-state index is 5.39. The van der Waals surface area contributed by atoms with E-state index in [0.29, 0.717) is 24.5 Å². The lowest BCUT2D eigenvalue weighted by molar-refractivity contribution is 0.874. The quantitative estimate of drug-likeness (QED) is 0.696. The van der Waals surface area contributed by atoms with Gasteiger partial charge in [-0.3, -0.25) is 10.1 Å². The molecule has 14 heavy (non-hydrogen) atoms. The van der Waals surface area contributed by atoms with Crippen molar-refractivity contribution in [2.75, 3.05) is 6.54 Å². The Morgan fingerprint density at radius 3 is 3.00 bits per heavy atom. The minimum absolute atomic E-state index is 0.551. The fourth-order valence-electron chi connectivity index (χ4n) is 1.07. The summed E-state index contributed by atoms with van der Waals surface area (Å²) in [6.45, 7) is 0.551. The van der Waals surface area contributed by atoms with E-state index in [2.05, 4.69) is 25.1 Å². The molecule has 2 aromatic rings. The number of nitrogens with one attached hydrogen (secondary N) is 1. The zero-order valence-electron chi connectivity index (χ0n) is 7.51. The molecule has 6 nitrogen and oxygen atoms in total. The second kappa shape index (κ2) is 3.93. The molecular weight excluding hydrogens is 180 g/mol. The monoisotopic (exact) mass is 190 g/mol. The Kier molecular flexibility index (Phi) is 2.46. The molecule has 2 aromatic heterocycles. The second-order valence-corrected chi connectivity index (χ2v) is 2.74. The minimum atomic E-state index is 0.551. The van der Waals surface area contributed by atoms with Crippen LogP contribution in [0.1, 0.15) is 5.82 Å². The standard InChI is InChI=1S/C8H10N6/c9-2-1-7-12-8(14-13-7)6-5-10-3-4-11-6/h3-5H,1-2,9H2,(H,12,13,14). The molecule has 0 bridgehead atoms. The van der Waals surface area contributed by atoms with Crippen LogP contribution < -0.4 is 5.73 Å². The summed E-state index contributed by atoms with van der Waals surface area (Å²) in [5.41, 5.74) is 6.05. The van der Waals surface area contributed by atoms with Gasteiger partial charge in [0.15, 0.2) is 0 Å². The van der Waals surface area contributed by atoms with Crippen LogP contribution in [-0.4, -0.2) is 31.7 Å². The van der Waals surface area contributed by atoms with E-state index < -0.39 is 0 Å². The van der Waals surface area contributed by atoms with Gasteiger partial charge in [-0.15, -0.1) is 0 Å². The van der Waals surface area contributed by atoms with Crippen molar-refractivity contribution < 1.29 is 0 Å². The highest BCUT2D eigenvalue weighted by molar-refractivity contribution is 5.45. The van der Waals surface area contributed by atoms with Crippen LogP contribution in [0.25, 0.3) is 11.5 Å². The van der Waals surface area contributed by atoms with Gasteiger partial charge in [0.25, 0.3) is 0 Å². The molecule has 0 aliphatic carbocycles. The molecule has 0 unspecified atom stereocenters. The summed E-state index contributed by atoms with van der Waals surface area (Å²) < 4.78 is 0. The summed E-state index contributed by atoms with van der Waals surface area (Å²) in [6, 6.07) is 0. The van der Waals surface area contributed by atoms with Crippen LogP contribution >= 0.6 is 0 Å². The van der Waals surface area contributed by atoms with Gasteiger partial charge in [0.2, 0.25) is 5.82 Å². The van der Waals surface area contributed by atoms with E-state index in [9.17, 15) is 0 Å². The van der Waals surface area contributed by atoms with Crippen LogP contribution in [-0.2, 0) is 6.42 Å². The number of H-pyrrole nitrogens is 1. The number of aromatic nitrogens is 5. The minimum Gasteiger partial charge on any atom is -0.330 e. The largest absolute Gasteiger partial charge is 0.330 e. The van der Waals surface area contributed by atoms with Crippen molar-refractivity contribution in [1.82, 2.24) is 25.1 Å². The molecule has 0 aliphatic heterocycles. The van der Waals surface area contributed by atoms with Gasteiger partial charge in [-0.2, -0.15) is 5.10 Å². The Balaban J connectivity index is 2.25. The summed E-state index contributed by atoms with van der Waals surface area (Å²) in [6.07, 6.45) is 5.52. The molecule has 0 aliphatic rings. The van der Waals surface area contributed by atoms with Gasteiger partial charge < -0.3 is 5.73 Å². The van der Waals surface area contributed by atoms with Crippen molar-refractivity contribution >= 4 is 0 Å². The molecule has 0 fully saturated rings. The highest BCUT2D eigenvalue weighted by Crippen LogP contribution is 2.08. The van der Waals surface area contributed by atoms with Gasteiger partial charge in [0.1, 0.15) is 11.5 Å². The van der Waals surface area contributed by atoms with Gasteiger partial charge in [0, 0.05) is 18.8 Å². The maximum Gasteiger partial charge on any atom is 0.201 e. The lowest BCUT2D eigenvalue weighted by atomic mass is 10.4. The summed E-state index contributed by atoms with van der Waals surface area (Å²) in [4.78, 5) is 12.2. The molecule has 6 heteroatoms. The predicted molar refractivity (Wildman–Crippen MR) is 50.2 cm³/mol. The van der Waals surface area contributed by atoms with E-state index in [1.54, 1.807) is 18.6 Å². The Morgan fingerprint density at radius 1 is 1.36 bits per heavy atom. The van der Waals surface area contributed by atoms with Crippen LogP contribution in [0.4, 0.5) is 0 Å². The van der Waals surface area contributed by atoms with Crippen molar-refractivity contribution in [1.29, 1.82) is 0 Å². The summed E-state index contributed by atoms with van der Waals surface area (Å²) in [5.74, 6) is 1.33. The molecule has 0 saturated carbocycles. The van der Waals surface area contributed by atoms with Crippen LogP contribution in [0.3, 0.4) is 0 Å². The smallest absolute Gasteiger partial charge is 0.201 e. The summed E-state index contributed by atoms with van der Waals surface area (Å²) in [5, 5.41) is 6.81. The lowest BCUT2D eigenvalue weighted by Crippen LogP contribution is -2.03. The fourth-order valence-corrected chi connectivity index (χ4v) is 1.07. The van der Waals surface area contributed by atoms with Crippen LogP contribution in [0, 0.1) is 0 Å². The third-order valence-corrected chi connectivity index (χ3v) is 1.71. The first-order valence-corrected chi connectivity index (χ1v) is 4.28. The van der Waals surface area contributed by atoms with Crippen molar-refractivity contribution in [3.63, 3.8) is 0 Å². The highest BCUT2D eigenvalue weighted by atomic mass is 15.2. The number of hydrogen-bond donors (Lipinski definition) is 2. The zero-order valence-corrected chi connectivity index (χ0v) is 7.51. The van der Waals surface area contributed by atoms with Crippen molar-refractivity contribution in [3.8, 4) is 11.5 Å². The van der Waals surface area contributed by atoms with Gasteiger partial charge >= 0.3 is 0 Å². The maximum atomic E-state index is 5.39. The van der Waals surface area contributed by atoms with Crippen LogP contribution in [0.15, 0.2) is 18.6 Å². The lowest BCUT2D eigenvalue weighted by Gasteiger charge is -1.90. The first-order chi connectivity index (χ1) is 6.90. The van der Waals surface area contributed by atoms with Crippen molar-refractivity contribution in [2.45, 2.75) is 6.42 Å². The average Bonchev–Trinajstić information content (AvgIpc) is 2.68. The number of aromatic amines is 1. The molecule has 3 N–H and O–H groups in total. The Morgan fingerprint density at radius 2 is 2.29 bits per heavy atom. The SMILES string of the molecule is NCCc1nc(-c2cnccn2)n[nH]1. The molecule has 2 rings (SSSR count). The number of hydrogen-bond acceptors (Lipinski definition) is 5. The molecular formula is C8H10N6. The summed E-state index contributed by atoms with van der Waals surface area (Å²) >= 11 is 0. The topological polar surface area (TPSA) is 93.4 Å². The van der Waals surface area contributed by atoms with E-state index in [-0.39, 0.29) is 0 Å². The van der Waals surface area contributed by atoms with E-state index in [1.807, 2.05) is 0 Å². The summed E-state index contributed by atoms with van der Waals surface area (Å²) in [7, 11) is 0. The zero-order chi connectivity index (χ0) is 9.80.